The van der Waals surface area contributed by atoms with Gasteiger partial charge in [0.05, 0.1) is 6.54 Å². The van der Waals surface area contributed by atoms with Gasteiger partial charge in [0.25, 0.3) is 0 Å². The highest BCUT2D eigenvalue weighted by molar-refractivity contribution is 5.89. The van der Waals surface area contributed by atoms with Crippen LogP contribution in [0.5, 0.6) is 5.75 Å². The van der Waals surface area contributed by atoms with Crippen molar-refractivity contribution in [2.24, 2.45) is 0 Å². The van der Waals surface area contributed by atoms with E-state index in [4.69, 9.17) is 10.2 Å². The van der Waals surface area contributed by atoms with Gasteiger partial charge in [0.2, 0.25) is 0 Å². The fourth-order valence-electron chi connectivity index (χ4n) is 1.19. The highest BCUT2D eigenvalue weighted by Crippen LogP contribution is 2.23. The summed E-state index contributed by atoms with van der Waals surface area (Å²) in [5, 5.41) is 21.6. The molecule has 0 bridgehead atoms. The number of urea groups is 1. The van der Waals surface area contributed by atoms with E-state index in [2.05, 4.69) is 15.4 Å². The van der Waals surface area contributed by atoms with Gasteiger partial charge in [0.15, 0.2) is 6.10 Å². The molecule has 21 heavy (non-hydrogen) atoms. The first-order valence-corrected chi connectivity index (χ1v) is 5.49. The van der Waals surface area contributed by atoms with E-state index in [1.165, 1.54) is 0 Å². The molecule has 0 aliphatic rings. The SMILES string of the molecule is O=C(NC[C@H](O)C(=O)O)Nc1ccc(OC(F)(F)F)cc1. The van der Waals surface area contributed by atoms with Crippen molar-refractivity contribution in [3.8, 4) is 5.75 Å². The number of hydrogen-bond donors (Lipinski definition) is 4. The van der Waals surface area contributed by atoms with Gasteiger partial charge in [-0.2, -0.15) is 0 Å². The van der Waals surface area contributed by atoms with Gasteiger partial charge in [-0.1, -0.05) is 0 Å². The Morgan fingerprint density at radius 1 is 1.24 bits per heavy atom. The second kappa shape index (κ2) is 6.79. The fraction of sp³-hybridized carbons (Fsp3) is 0.273. The summed E-state index contributed by atoms with van der Waals surface area (Å²) in [6.07, 6.45) is -6.56. The molecule has 116 valence electrons. The molecule has 10 heteroatoms. The zero-order chi connectivity index (χ0) is 16.0. The molecule has 0 heterocycles. The largest absolute Gasteiger partial charge is 0.573 e. The summed E-state index contributed by atoms with van der Waals surface area (Å²) in [5.74, 6) is -1.95. The Labute approximate surface area is 116 Å². The molecule has 0 spiro atoms. The van der Waals surface area contributed by atoms with E-state index < -0.39 is 36.8 Å². The molecular weight excluding hydrogens is 297 g/mol. The lowest BCUT2D eigenvalue weighted by Crippen LogP contribution is -2.38. The fourth-order valence-corrected chi connectivity index (χ4v) is 1.19. The Balaban J connectivity index is 2.48. The van der Waals surface area contributed by atoms with E-state index in [1.807, 2.05) is 0 Å². The van der Waals surface area contributed by atoms with Gasteiger partial charge in [-0.15, -0.1) is 13.2 Å². The summed E-state index contributed by atoms with van der Waals surface area (Å²) in [4.78, 5) is 21.6. The normalized spacial score (nSPS) is 12.4. The minimum Gasteiger partial charge on any atom is -0.479 e. The van der Waals surface area contributed by atoms with Gasteiger partial charge in [0.1, 0.15) is 5.75 Å². The third-order valence-electron chi connectivity index (χ3n) is 2.09. The van der Waals surface area contributed by atoms with Crippen molar-refractivity contribution >= 4 is 17.7 Å². The molecule has 7 nitrogen and oxygen atoms in total. The monoisotopic (exact) mass is 308 g/mol. The van der Waals surface area contributed by atoms with Crippen molar-refractivity contribution in [2.75, 3.05) is 11.9 Å². The van der Waals surface area contributed by atoms with Crippen LogP contribution >= 0.6 is 0 Å². The zero-order valence-corrected chi connectivity index (χ0v) is 10.3. The van der Waals surface area contributed by atoms with E-state index in [0.717, 1.165) is 24.3 Å². The standard InChI is InChI=1S/C11H11F3N2O5/c12-11(13,14)21-7-3-1-6(2-4-7)16-10(20)15-5-8(17)9(18)19/h1-4,8,17H,5H2,(H,18,19)(H2,15,16,20)/t8-/m0/s1. The minimum atomic E-state index is -4.81. The van der Waals surface area contributed by atoms with Crippen molar-refractivity contribution in [2.45, 2.75) is 12.5 Å². The number of nitrogens with one attached hydrogen (secondary N) is 2. The molecular formula is C11H11F3N2O5. The maximum atomic E-state index is 11.9. The molecule has 1 atom stereocenters. The summed E-state index contributed by atoms with van der Waals surface area (Å²) in [6, 6.07) is 3.49. The van der Waals surface area contributed by atoms with Crippen LogP contribution in [0.2, 0.25) is 0 Å². The summed E-state index contributed by atoms with van der Waals surface area (Å²) in [5.41, 5.74) is 0.159. The van der Waals surface area contributed by atoms with Crippen LogP contribution in [0, 0.1) is 0 Å². The maximum Gasteiger partial charge on any atom is 0.573 e. The molecule has 4 N–H and O–H groups in total. The molecule has 1 aromatic rings. The molecule has 0 saturated heterocycles. The van der Waals surface area contributed by atoms with Crippen molar-refractivity contribution in [1.82, 2.24) is 5.32 Å². The molecule has 2 amide bonds. The van der Waals surface area contributed by atoms with E-state index >= 15 is 0 Å². The second-order valence-corrected chi connectivity index (χ2v) is 3.76. The highest BCUT2D eigenvalue weighted by atomic mass is 19.4. The first kappa shape index (κ1) is 16.6. The molecule has 0 fully saturated rings. The van der Waals surface area contributed by atoms with Gasteiger partial charge in [0, 0.05) is 5.69 Å². The number of amides is 2. The third kappa shape index (κ3) is 6.47. The van der Waals surface area contributed by atoms with E-state index in [9.17, 15) is 22.8 Å². The molecule has 0 unspecified atom stereocenters. The number of ether oxygens (including phenoxy) is 1. The molecule has 0 aliphatic carbocycles. The minimum absolute atomic E-state index is 0.159. The lowest BCUT2D eigenvalue weighted by Gasteiger charge is -2.11. The first-order chi connectivity index (χ1) is 9.67. The number of carbonyl (C=O) groups is 2. The Hall–Kier alpha value is -2.49. The van der Waals surface area contributed by atoms with Gasteiger partial charge in [-0.3, -0.25) is 0 Å². The number of benzene rings is 1. The van der Waals surface area contributed by atoms with Crippen LogP contribution in [0.4, 0.5) is 23.7 Å². The Morgan fingerprint density at radius 3 is 2.29 bits per heavy atom. The van der Waals surface area contributed by atoms with Crippen LogP contribution in [-0.4, -0.2) is 41.2 Å². The van der Waals surface area contributed by atoms with Gasteiger partial charge >= 0.3 is 18.4 Å². The number of aliphatic hydroxyl groups excluding tert-OH is 1. The topological polar surface area (TPSA) is 108 Å². The van der Waals surface area contributed by atoms with Crippen molar-refractivity contribution < 1.29 is 37.7 Å². The van der Waals surface area contributed by atoms with Gasteiger partial charge in [-0.05, 0) is 24.3 Å². The molecule has 1 rings (SSSR count). The summed E-state index contributed by atoms with van der Waals surface area (Å²) >= 11 is 0. The number of carboxylic acids is 1. The predicted octanol–water partition coefficient (Wildman–Crippen LogP) is 1.15. The number of carboxylic acid groups (broad SMARTS) is 1. The number of aliphatic hydroxyl groups is 1. The van der Waals surface area contributed by atoms with Crippen LogP contribution in [0.25, 0.3) is 0 Å². The first-order valence-electron chi connectivity index (χ1n) is 5.49. The number of alkyl halides is 3. The van der Waals surface area contributed by atoms with Crippen molar-refractivity contribution in [3.05, 3.63) is 24.3 Å². The predicted molar refractivity (Wildman–Crippen MR) is 63.8 cm³/mol. The average molecular weight is 308 g/mol. The Bertz CT molecular complexity index is 504. The van der Waals surface area contributed by atoms with Gasteiger partial charge < -0.3 is 25.6 Å². The molecule has 0 aromatic heterocycles. The van der Waals surface area contributed by atoms with E-state index in [-0.39, 0.29) is 5.69 Å². The molecule has 0 saturated carbocycles. The Morgan fingerprint density at radius 2 is 1.81 bits per heavy atom. The van der Waals surface area contributed by atoms with E-state index in [1.54, 1.807) is 0 Å². The number of hydrogen-bond acceptors (Lipinski definition) is 4. The number of anilines is 1. The van der Waals surface area contributed by atoms with E-state index in [0.29, 0.717) is 0 Å². The average Bonchev–Trinajstić information content (AvgIpc) is 2.36. The van der Waals surface area contributed by atoms with Crippen LogP contribution in [-0.2, 0) is 4.79 Å². The van der Waals surface area contributed by atoms with Crippen LogP contribution < -0.4 is 15.4 Å². The molecule has 1 aromatic carbocycles. The molecule has 0 aliphatic heterocycles. The summed E-state index contributed by atoms with van der Waals surface area (Å²) < 4.78 is 39.4. The number of aliphatic carboxylic acids is 1. The smallest absolute Gasteiger partial charge is 0.479 e. The molecule has 0 radical (unpaired) electrons. The third-order valence-corrected chi connectivity index (χ3v) is 2.09. The second-order valence-electron chi connectivity index (χ2n) is 3.76. The lowest BCUT2D eigenvalue weighted by molar-refractivity contribution is -0.274. The van der Waals surface area contributed by atoms with Crippen molar-refractivity contribution in [3.63, 3.8) is 0 Å². The number of halogens is 3. The van der Waals surface area contributed by atoms with Crippen molar-refractivity contribution in [1.29, 1.82) is 0 Å². The number of carbonyl (C=O) groups excluding carboxylic acids is 1. The van der Waals surface area contributed by atoms with Crippen LogP contribution in [0.1, 0.15) is 0 Å². The summed E-state index contributed by atoms with van der Waals surface area (Å²) in [6.45, 7) is -0.517. The van der Waals surface area contributed by atoms with Crippen LogP contribution in [0.15, 0.2) is 24.3 Å². The Kier molecular flexibility index (Phi) is 5.36. The number of rotatable bonds is 5. The lowest BCUT2D eigenvalue weighted by atomic mass is 10.3. The van der Waals surface area contributed by atoms with Gasteiger partial charge in [-0.25, -0.2) is 9.59 Å². The summed E-state index contributed by atoms with van der Waals surface area (Å²) in [7, 11) is 0. The quantitative estimate of drug-likeness (QED) is 0.652. The zero-order valence-electron chi connectivity index (χ0n) is 10.3. The van der Waals surface area contributed by atoms with Crippen LogP contribution in [0.3, 0.4) is 0 Å². The maximum absolute atomic E-state index is 11.9. The highest BCUT2D eigenvalue weighted by Gasteiger charge is 2.30.